The molecule has 0 fully saturated rings. The molecule has 0 spiro atoms. The Morgan fingerprint density at radius 1 is 1.32 bits per heavy atom. The number of hydrogen-bond donors (Lipinski definition) is 2. The normalized spacial score (nSPS) is 17.0. The topological polar surface area (TPSA) is 118 Å². The van der Waals surface area contributed by atoms with Gasteiger partial charge >= 0.3 is 0 Å². The molecular formula is C16H17N7O2. The molecule has 128 valence electrons. The van der Waals surface area contributed by atoms with Gasteiger partial charge in [0.15, 0.2) is 5.82 Å². The summed E-state index contributed by atoms with van der Waals surface area (Å²) in [4.78, 5) is 31.8. The van der Waals surface area contributed by atoms with Crippen LogP contribution in [0.2, 0.25) is 0 Å². The molecule has 1 aromatic carbocycles. The highest BCUT2D eigenvalue weighted by atomic mass is 16.2. The number of aromatic amines is 1. The predicted octanol–water partition coefficient (Wildman–Crippen LogP) is 0.493. The fraction of sp³-hybridized carbons (Fsp3) is 0.375. The molecule has 3 aromatic rings. The number of nitrogens with zero attached hydrogens (tertiary/aromatic N) is 5. The Kier molecular flexibility index (Phi) is 3.96. The van der Waals surface area contributed by atoms with Crippen molar-refractivity contribution in [2.24, 2.45) is 0 Å². The summed E-state index contributed by atoms with van der Waals surface area (Å²) >= 11 is 0. The molecule has 0 unspecified atom stereocenters. The minimum atomic E-state index is -0.385. The number of carbonyl (C=O) groups is 1. The Morgan fingerprint density at radius 3 is 3.12 bits per heavy atom. The zero-order valence-electron chi connectivity index (χ0n) is 13.5. The number of H-pyrrole nitrogens is 1. The first kappa shape index (κ1) is 15.4. The van der Waals surface area contributed by atoms with Gasteiger partial charge < -0.3 is 10.3 Å². The number of para-hydroxylation sites is 1. The lowest BCUT2D eigenvalue weighted by molar-refractivity contribution is -0.123. The molecule has 0 radical (unpaired) electrons. The van der Waals surface area contributed by atoms with Gasteiger partial charge in [-0.05, 0) is 35.4 Å². The molecule has 25 heavy (non-hydrogen) atoms. The summed E-state index contributed by atoms with van der Waals surface area (Å²) in [5.41, 5.74) is 0.391. The molecule has 3 heterocycles. The third-order valence-electron chi connectivity index (χ3n) is 4.39. The predicted molar refractivity (Wildman–Crippen MR) is 88.6 cm³/mol. The van der Waals surface area contributed by atoms with E-state index in [1.807, 2.05) is 6.07 Å². The molecule has 1 aliphatic heterocycles. The monoisotopic (exact) mass is 339 g/mol. The highest BCUT2D eigenvalue weighted by molar-refractivity contribution is 5.82. The van der Waals surface area contributed by atoms with Crippen molar-refractivity contribution < 1.29 is 4.79 Å². The number of benzene rings is 1. The van der Waals surface area contributed by atoms with Gasteiger partial charge in [-0.2, -0.15) is 0 Å². The van der Waals surface area contributed by atoms with Crippen LogP contribution in [0, 0.1) is 0 Å². The Hall–Kier alpha value is -3.10. The molecule has 9 heteroatoms. The van der Waals surface area contributed by atoms with Crippen molar-refractivity contribution in [2.45, 2.75) is 38.3 Å². The van der Waals surface area contributed by atoms with E-state index in [2.05, 4.69) is 30.8 Å². The molecule has 2 aromatic heterocycles. The average molecular weight is 339 g/mol. The minimum Gasteiger partial charge on any atom is -0.348 e. The maximum atomic E-state index is 12.6. The van der Waals surface area contributed by atoms with Gasteiger partial charge in [0.1, 0.15) is 5.82 Å². The summed E-state index contributed by atoms with van der Waals surface area (Å²) in [6, 6.07) is 7.10. The van der Waals surface area contributed by atoms with Crippen molar-refractivity contribution in [3.63, 3.8) is 0 Å². The van der Waals surface area contributed by atoms with E-state index in [0.29, 0.717) is 29.0 Å². The van der Waals surface area contributed by atoms with Gasteiger partial charge in [0.05, 0.1) is 23.4 Å². The number of tetrazole rings is 1. The maximum Gasteiger partial charge on any atom is 0.258 e. The van der Waals surface area contributed by atoms with E-state index >= 15 is 0 Å². The summed E-state index contributed by atoms with van der Waals surface area (Å²) in [5.74, 6) is 0.471. The molecule has 0 saturated carbocycles. The quantitative estimate of drug-likeness (QED) is 0.717. The SMILES string of the molecule is O=C(NCc1nc2ccccc2c(=O)[nH]1)[C@@H]1CCCCn2nnnc21. The molecule has 4 rings (SSSR count). The van der Waals surface area contributed by atoms with E-state index in [-0.39, 0.29) is 23.9 Å². The van der Waals surface area contributed by atoms with E-state index in [0.717, 1.165) is 19.4 Å². The highest BCUT2D eigenvalue weighted by Gasteiger charge is 2.28. The Balaban J connectivity index is 1.52. The molecule has 0 bridgehead atoms. The molecule has 0 aliphatic carbocycles. The third-order valence-corrected chi connectivity index (χ3v) is 4.39. The third kappa shape index (κ3) is 3.00. The smallest absolute Gasteiger partial charge is 0.258 e. The highest BCUT2D eigenvalue weighted by Crippen LogP contribution is 2.23. The van der Waals surface area contributed by atoms with Gasteiger partial charge in [-0.15, -0.1) is 5.10 Å². The summed E-state index contributed by atoms with van der Waals surface area (Å²) in [7, 11) is 0. The van der Waals surface area contributed by atoms with E-state index in [4.69, 9.17) is 0 Å². The fourth-order valence-electron chi connectivity index (χ4n) is 3.12. The zero-order valence-corrected chi connectivity index (χ0v) is 13.5. The van der Waals surface area contributed by atoms with E-state index in [1.54, 1.807) is 22.9 Å². The molecule has 1 amide bonds. The Labute approximate surface area is 142 Å². The number of aromatic nitrogens is 6. The second-order valence-corrected chi connectivity index (χ2v) is 6.06. The van der Waals surface area contributed by atoms with Gasteiger partial charge in [-0.25, -0.2) is 9.67 Å². The van der Waals surface area contributed by atoms with E-state index in [1.165, 1.54) is 0 Å². The number of nitrogens with one attached hydrogen (secondary N) is 2. The molecule has 1 atom stereocenters. The first-order chi connectivity index (χ1) is 12.2. The first-order valence-electron chi connectivity index (χ1n) is 8.24. The number of fused-ring (bicyclic) bond motifs is 2. The number of carbonyl (C=O) groups excluding carboxylic acids is 1. The number of rotatable bonds is 3. The van der Waals surface area contributed by atoms with Crippen LogP contribution in [0.5, 0.6) is 0 Å². The number of amides is 1. The minimum absolute atomic E-state index is 0.150. The van der Waals surface area contributed by atoms with Crippen molar-refractivity contribution in [3.8, 4) is 0 Å². The summed E-state index contributed by atoms with van der Waals surface area (Å²) in [5, 5.41) is 15.0. The second kappa shape index (κ2) is 6.42. The van der Waals surface area contributed by atoms with E-state index in [9.17, 15) is 9.59 Å². The molecular weight excluding hydrogens is 322 g/mol. The largest absolute Gasteiger partial charge is 0.348 e. The van der Waals surface area contributed by atoms with Crippen LogP contribution in [0.15, 0.2) is 29.1 Å². The van der Waals surface area contributed by atoms with Crippen LogP contribution in [-0.4, -0.2) is 36.1 Å². The fourth-order valence-corrected chi connectivity index (χ4v) is 3.12. The van der Waals surface area contributed by atoms with Crippen molar-refractivity contribution in [2.75, 3.05) is 0 Å². The van der Waals surface area contributed by atoms with Crippen LogP contribution in [0.4, 0.5) is 0 Å². The lowest BCUT2D eigenvalue weighted by Gasteiger charge is -2.13. The van der Waals surface area contributed by atoms with Crippen LogP contribution in [0.1, 0.15) is 36.8 Å². The molecule has 9 nitrogen and oxygen atoms in total. The van der Waals surface area contributed by atoms with Gasteiger partial charge in [0.2, 0.25) is 5.91 Å². The Bertz CT molecular complexity index is 978. The first-order valence-corrected chi connectivity index (χ1v) is 8.24. The van der Waals surface area contributed by atoms with Gasteiger partial charge in [0, 0.05) is 6.54 Å². The summed E-state index contributed by atoms with van der Waals surface area (Å²) in [6.45, 7) is 0.878. The van der Waals surface area contributed by atoms with Crippen molar-refractivity contribution in [1.82, 2.24) is 35.5 Å². The zero-order chi connectivity index (χ0) is 17.2. The van der Waals surface area contributed by atoms with E-state index < -0.39 is 0 Å². The lowest BCUT2D eigenvalue weighted by atomic mass is 10.0. The second-order valence-electron chi connectivity index (χ2n) is 6.06. The number of aryl methyl sites for hydroxylation is 1. The Morgan fingerprint density at radius 2 is 2.20 bits per heavy atom. The van der Waals surface area contributed by atoms with Crippen LogP contribution in [-0.2, 0) is 17.9 Å². The van der Waals surface area contributed by atoms with Crippen LogP contribution in [0.3, 0.4) is 0 Å². The maximum absolute atomic E-state index is 12.6. The average Bonchev–Trinajstić information content (AvgIpc) is 2.99. The lowest BCUT2D eigenvalue weighted by Crippen LogP contribution is -2.31. The standard InChI is InChI=1S/C16H17N7O2/c24-15(11-6-3-4-8-23-14(11)20-21-22-23)17-9-13-18-12-7-2-1-5-10(12)16(25)19-13/h1-2,5,7,11H,3-4,6,8-9H2,(H,17,24)(H,18,19,25)/t11-/m1/s1. The summed E-state index contributed by atoms with van der Waals surface area (Å²) in [6.07, 6.45) is 2.57. The molecule has 2 N–H and O–H groups in total. The summed E-state index contributed by atoms with van der Waals surface area (Å²) < 4.78 is 1.69. The van der Waals surface area contributed by atoms with Crippen LogP contribution < -0.4 is 10.9 Å². The van der Waals surface area contributed by atoms with Crippen molar-refractivity contribution in [3.05, 3.63) is 46.3 Å². The van der Waals surface area contributed by atoms with Gasteiger partial charge in [-0.3, -0.25) is 9.59 Å². The molecule has 1 aliphatic rings. The van der Waals surface area contributed by atoms with Gasteiger partial charge in [0.25, 0.3) is 5.56 Å². The van der Waals surface area contributed by atoms with Crippen molar-refractivity contribution >= 4 is 16.8 Å². The molecule has 0 saturated heterocycles. The van der Waals surface area contributed by atoms with Crippen LogP contribution >= 0.6 is 0 Å². The van der Waals surface area contributed by atoms with Gasteiger partial charge in [-0.1, -0.05) is 18.6 Å². The van der Waals surface area contributed by atoms with Crippen LogP contribution in [0.25, 0.3) is 10.9 Å². The number of hydrogen-bond acceptors (Lipinski definition) is 6. The van der Waals surface area contributed by atoms with Crippen molar-refractivity contribution in [1.29, 1.82) is 0 Å².